The van der Waals surface area contributed by atoms with Crippen molar-refractivity contribution in [3.8, 4) is 10.7 Å². The minimum atomic E-state index is -0.109. The van der Waals surface area contributed by atoms with E-state index in [2.05, 4.69) is 29.2 Å². The molecule has 0 aromatic carbocycles. The number of hydrogen-bond acceptors (Lipinski definition) is 6. The van der Waals surface area contributed by atoms with E-state index in [-0.39, 0.29) is 18.6 Å². The van der Waals surface area contributed by atoms with Crippen LogP contribution >= 0.6 is 22.7 Å². The number of aliphatic hydroxyl groups is 1. The van der Waals surface area contributed by atoms with Crippen LogP contribution in [0, 0.1) is 5.92 Å². The van der Waals surface area contributed by atoms with Gasteiger partial charge in [0.1, 0.15) is 10.7 Å². The van der Waals surface area contributed by atoms with Crippen molar-refractivity contribution in [1.29, 1.82) is 0 Å². The minimum Gasteiger partial charge on any atom is -0.396 e. The fourth-order valence-corrected chi connectivity index (χ4v) is 3.57. The van der Waals surface area contributed by atoms with E-state index in [1.54, 1.807) is 29.8 Å². The van der Waals surface area contributed by atoms with Crippen LogP contribution in [-0.2, 0) is 4.74 Å². The van der Waals surface area contributed by atoms with Crippen molar-refractivity contribution in [2.24, 2.45) is 5.92 Å². The normalized spacial score (nSPS) is 14.8. The Bertz CT molecular complexity index is 619. The summed E-state index contributed by atoms with van der Waals surface area (Å²) in [6, 6.07) is 0. The molecule has 0 aliphatic rings. The molecule has 2 atom stereocenters. The quantitative estimate of drug-likeness (QED) is 0.827. The Morgan fingerprint density at radius 1 is 1.23 bits per heavy atom. The first-order chi connectivity index (χ1) is 10.5. The lowest BCUT2D eigenvalue weighted by atomic mass is 10.1. The van der Waals surface area contributed by atoms with Gasteiger partial charge in [0.05, 0.1) is 16.8 Å². The standard InChI is InChI=1S/C16H22N2O2S2/c1-10(2)15-18-13(9-22-15)16-17-12(8-21-16)5-6-14(20-4)11(3)7-19/h5-6,8-11,14,19H,7H2,1-4H3/b6-5+/t11-,14-/m0/s1. The SMILES string of the molecule is CO[C@@H](/C=C/c1csc(-c2csc(C(C)C)n2)n1)[C@@H](C)CO. The van der Waals surface area contributed by atoms with Crippen molar-refractivity contribution >= 4 is 28.7 Å². The average molecular weight is 338 g/mol. The van der Waals surface area contributed by atoms with Crippen LogP contribution in [0.5, 0.6) is 0 Å². The van der Waals surface area contributed by atoms with Gasteiger partial charge in [0.25, 0.3) is 0 Å². The molecule has 0 spiro atoms. The predicted molar refractivity (Wildman–Crippen MR) is 93.4 cm³/mol. The molecule has 1 N–H and O–H groups in total. The van der Waals surface area contributed by atoms with Gasteiger partial charge in [-0.2, -0.15) is 0 Å². The molecule has 0 aliphatic carbocycles. The third-order valence-electron chi connectivity index (χ3n) is 3.33. The molecule has 0 aliphatic heterocycles. The Hall–Kier alpha value is -1.08. The number of thiazole rings is 2. The van der Waals surface area contributed by atoms with Crippen LogP contribution in [0.1, 0.15) is 37.4 Å². The van der Waals surface area contributed by atoms with E-state index in [4.69, 9.17) is 4.74 Å². The molecule has 0 saturated carbocycles. The number of methoxy groups -OCH3 is 1. The van der Waals surface area contributed by atoms with Gasteiger partial charge in [-0.15, -0.1) is 22.7 Å². The summed E-state index contributed by atoms with van der Waals surface area (Å²) in [5, 5.41) is 15.3. The lowest BCUT2D eigenvalue weighted by molar-refractivity contribution is 0.0672. The molecule has 2 rings (SSSR count). The van der Waals surface area contributed by atoms with Gasteiger partial charge >= 0.3 is 0 Å². The number of nitrogens with zero attached hydrogens (tertiary/aromatic N) is 2. The maximum atomic E-state index is 9.20. The van der Waals surface area contributed by atoms with Crippen LogP contribution < -0.4 is 0 Å². The maximum absolute atomic E-state index is 9.20. The van der Waals surface area contributed by atoms with Crippen LogP contribution in [0.2, 0.25) is 0 Å². The van der Waals surface area contributed by atoms with Crippen molar-refractivity contribution in [2.45, 2.75) is 32.8 Å². The summed E-state index contributed by atoms with van der Waals surface area (Å²) >= 11 is 3.27. The van der Waals surface area contributed by atoms with Crippen molar-refractivity contribution in [3.05, 3.63) is 27.5 Å². The van der Waals surface area contributed by atoms with Gasteiger partial charge in [-0.25, -0.2) is 9.97 Å². The highest BCUT2D eigenvalue weighted by Gasteiger charge is 2.13. The second-order valence-corrected chi connectivity index (χ2v) is 7.27. The molecule has 0 saturated heterocycles. The van der Waals surface area contributed by atoms with E-state index in [1.165, 1.54) is 0 Å². The summed E-state index contributed by atoms with van der Waals surface area (Å²) < 4.78 is 5.36. The predicted octanol–water partition coefficient (Wildman–Crippen LogP) is 4.05. The molecule has 0 radical (unpaired) electrons. The fourth-order valence-electron chi connectivity index (χ4n) is 1.93. The zero-order valence-corrected chi connectivity index (χ0v) is 14.9. The van der Waals surface area contributed by atoms with Crippen molar-refractivity contribution in [1.82, 2.24) is 9.97 Å². The van der Waals surface area contributed by atoms with E-state index in [1.807, 2.05) is 24.5 Å². The van der Waals surface area contributed by atoms with Gasteiger partial charge in [0, 0.05) is 36.3 Å². The first-order valence-corrected chi connectivity index (χ1v) is 9.04. The van der Waals surface area contributed by atoms with Crippen molar-refractivity contribution in [3.63, 3.8) is 0 Å². The molecule has 0 bridgehead atoms. The van der Waals surface area contributed by atoms with E-state index >= 15 is 0 Å². The molecule has 120 valence electrons. The summed E-state index contributed by atoms with van der Waals surface area (Å²) in [4.78, 5) is 9.23. The molecule has 6 heteroatoms. The van der Waals surface area contributed by atoms with Crippen LogP contribution in [0.25, 0.3) is 16.8 Å². The number of aliphatic hydroxyl groups excluding tert-OH is 1. The van der Waals surface area contributed by atoms with Crippen molar-refractivity contribution < 1.29 is 9.84 Å². The molecular weight excluding hydrogens is 316 g/mol. The Morgan fingerprint density at radius 3 is 2.59 bits per heavy atom. The smallest absolute Gasteiger partial charge is 0.143 e. The molecule has 2 aromatic rings. The third-order valence-corrected chi connectivity index (χ3v) is 5.36. The molecule has 2 heterocycles. The molecule has 2 aromatic heterocycles. The molecular formula is C16H22N2O2S2. The largest absolute Gasteiger partial charge is 0.396 e. The average Bonchev–Trinajstić information content (AvgIpc) is 3.16. The lowest BCUT2D eigenvalue weighted by Crippen LogP contribution is -2.20. The second-order valence-electron chi connectivity index (χ2n) is 5.52. The molecule has 4 nitrogen and oxygen atoms in total. The summed E-state index contributed by atoms with van der Waals surface area (Å²) in [6.07, 6.45) is 3.78. The van der Waals surface area contributed by atoms with E-state index < -0.39 is 0 Å². The zero-order chi connectivity index (χ0) is 16.1. The van der Waals surface area contributed by atoms with Gasteiger partial charge in [-0.3, -0.25) is 0 Å². The summed E-state index contributed by atoms with van der Waals surface area (Å²) in [7, 11) is 1.65. The Kier molecular flexibility index (Phi) is 6.26. The van der Waals surface area contributed by atoms with Crippen LogP contribution in [0.3, 0.4) is 0 Å². The van der Waals surface area contributed by atoms with Gasteiger partial charge in [-0.05, 0) is 6.08 Å². The highest BCUT2D eigenvalue weighted by molar-refractivity contribution is 7.14. The van der Waals surface area contributed by atoms with Gasteiger partial charge < -0.3 is 9.84 Å². The highest BCUT2D eigenvalue weighted by atomic mass is 32.1. The van der Waals surface area contributed by atoms with Crippen LogP contribution in [0.4, 0.5) is 0 Å². The summed E-state index contributed by atoms with van der Waals surface area (Å²) in [5.74, 6) is 0.506. The summed E-state index contributed by atoms with van der Waals surface area (Å²) in [6.45, 7) is 6.34. The Balaban J connectivity index is 2.10. The molecule has 22 heavy (non-hydrogen) atoms. The molecule has 0 amide bonds. The first kappa shape index (κ1) is 17.3. The summed E-state index contributed by atoms with van der Waals surface area (Å²) in [5.41, 5.74) is 1.84. The first-order valence-electron chi connectivity index (χ1n) is 7.28. The number of ether oxygens (including phenoxy) is 1. The third kappa shape index (κ3) is 4.23. The monoisotopic (exact) mass is 338 g/mol. The van der Waals surface area contributed by atoms with Gasteiger partial charge in [-0.1, -0.05) is 26.8 Å². The van der Waals surface area contributed by atoms with Crippen LogP contribution in [0.15, 0.2) is 16.8 Å². The Morgan fingerprint density at radius 2 is 2.00 bits per heavy atom. The number of rotatable bonds is 7. The van der Waals surface area contributed by atoms with E-state index in [0.29, 0.717) is 5.92 Å². The van der Waals surface area contributed by atoms with Gasteiger partial charge in [0.15, 0.2) is 0 Å². The lowest BCUT2D eigenvalue weighted by Gasteiger charge is -2.16. The molecule has 0 fully saturated rings. The fraction of sp³-hybridized carbons (Fsp3) is 0.500. The number of aromatic nitrogens is 2. The van der Waals surface area contributed by atoms with E-state index in [0.717, 1.165) is 21.4 Å². The Labute approximate surface area is 139 Å². The topological polar surface area (TPSA) is 55.2 Å². The highest BCUT2D eigenvalue weighted by Crippen LogP contribution is 2.28. The van der Waals surface area contributed by atoms with E-state index in [9.17, 15) is 5.11 Å². The van der Waals surface area contributed by atoms with Crippen LogP contribution in [-0.4, -0.2) is 34.9 Å². The second kappa shape index (κ2) is 7.97. The molecule has 0 unspecified atom stereocenters. The zero-order valence-electron chi connectivity index (χ0n) is 13.3. The minimum absolute atomic E-state index is 0.0616. The maximum Gasteiger partial charge on any atom is 0.143 e. The number of hydrogen-bond donors (Lipinski definition) is 1. The van der Waals surface area contributed by atoms with Gasteiger partial charge in [0.2, 0.25) is 0 Å². The van der Waals surface area contributed by atoms with Crippen molar-refractivity contribution in [2.75, 3.05) is 13.7 Å².